The zero-order valence-electron chi connectivity index (χ0n) is 11.8. The number of methoxy groups -OCH3 is 1. The van der Waals surface area contributed by atoms with E-state index in [1.807, 2.05) is 35.7 Å². The Balaban J connectivity index is 1.60. The molecule has 1 heterocycles. The van der Waals surface area contributed by atoms with E-state index >= 15 is 0 Å². The number of hydrogen-bond acceptors (Lipinski definition) is 4. The molecule has 1 fully saturated rings. The first-order valence-electron chi connectivity index (χ1n) is 6.90. The molecule has 0 atom stereocenters. The lowest BCUT2D eigenvalue weighted by atomic mass is 10.3. The van der Waals surface area contributed by atoms with Crippen LogP contribution >= 0.6 is 11.3 Å². The molecule has 1 aromatic carbocycles. The Hall–Kier alpha value is -2.01. The Kier molecular flexibility index (Phi) is 4.10. The smallest absolute Gasteiger partial charge is 0.261 e. The van der Waals surface area contributed by atoms with E-state index in [2.05, 4.69) is 5.32 Å². The van der Waals surface area contributed by atoms with Crippen molar-refractivity contribution in [2.24, 2.45) is 0 Å². The van der Waals surface area contributed by atoms with Gasteiger partial charge in [0.15, 0.2) is 11.5 Å². The van der Waals surface area contributed by atoms with Crippen molar-refractivity contribution in [2.45, 2.75) is 25.5 Å². The fourth-order valence-corrected chi connectivity index (χ4v) is 2.75. The molecule has 21 heavy (non-hydrogen) atoms. The average Bonchev–Trinajstić information content (AvgIpc) is 3.19. The first-order valence-corrected chi connectivity index (χ1v) is 7.78. The molecule has 1 aliphatic rings. The first-order chi connectivity index (χ1) is 10.3. The van der Waals surface area contributed by atoms with Crippen molar-refractivity contribution in [3.8, 4) is 11.5 Å². The Labute approximate surface area is 127 Å². The first kappa shape index (κ1) is 13.9. The van der Waals surface area contributed by atoms with Crippen molar-refractivity contribution in [2.75, 3.05) is 7.11 Å². The van der Waals surface area contributed by atoms with Gasteiger partial charge in [0.1, 0.15) is 6.61 Å². The van der Waals surface area contributed by atoms with Crippen molar-refractivity contribution in [3.05, 3.63) is 46.2 Å². The summed E-state index contributed by atoms with van der Waals surface area (Å²) in [6, 6.07) is 9.80. The molecule has 0 unspecified atom stereocenters. The lowest BCUT2D eigenvalue weighted by Crippen LogP contribution is -2.24. The molecule has 3 rings (SSSR count). The van der Waals surface area contributed by atoms with Crippen LogP contribution < -0.4 is 14.8 Å². The van der Waals surface area contributed by atoms with Gasteiger partial charge in [-0.2, -0.15) is 0 Å². The standard InChI is InChI=1S/C16H17NO3S/c1-19-13-4-2-3-5-14(13)20-9-11-8-15(21-10-11)16(18)17-12-6-7-12/h2-5,8,10,12H,6-7,9H2,1H3,(H,17,18). The van der Waals surface area contributed by atoms with Gasteiger partial charge in [-0.3, -0.25) is 4.79 Å². The van der Waals surface area contributed by atoms with E-state index in [1.165, 1.54) is 11.3 Å². The molecule has 0 radical (unpaired) electrons. The summed E-state index contributed by atoms with van der Waals surface area (Å²) in [6.45, 7) is 0.424. The fraction of sp³-hybridized carbons (Fsp3) is 0.312. The minimum atomic E-state index is 0.0195. The summed E-state index contributed by atoms with van der Waals surface area (Å²) >= 11 is 1.45. The van der Waals surface area contributed by atoms with E-state index in [-0.39, 0.29) is 5.91 Å². The predicted molar refractivity (Wildman–Crippen MR) is 82.1 cm³/mol. The van der Waals surface area contributed by atoms with Crippen molar-refractivity contribution in [1.82, 2.24) is 5.32 Å². The summed E-state index contributed by atoms with van der Waals surface area (Å²) in [5.74, 6) is 1.43. The van der Waals surface area contributed by atoms with Gasteiger partial charge in [0, 0.05) is 11.6 Å². The van der Waals surface area contributed by atoms with E-state index in [9.17, 15) is 4.79 Å². The number of ether oxygens (including phenoxy) is 2. The van der Waals surface area contributed by atoms with E-state index < -0.39 is 0 Å². The Morgan fingerprint density at radius 3 is 2.81 bits per heavy atom. The molecule has 0 saturated heterocycles. The van der Waals surface area contributed by atoms with E-state index in [0.29, 0.717) is 24.1 Å². The van der Waals surface area contributed by atoms with E-state index in [1.54, 1.807) is 7.11 Å². The van der Waals surface area contributed by atoms with Crippen LogP contribution in [0.4, 0.5) is 0 Å². The molecule has 1 saturated carbocycles. The van der Waals surface area contributed by atoms with Crippen LogP contribution in [0.5, 0.6) is 11.5 Å². The summed E-state index contributed by atoms with van der Waals surface area (Å²) in [5.41, 5.74) is 0.992. The van der Waals surface area contributed by atoms with E-state index in [0.717, 1.165) is 23.3 Å². The van der Waals surface area contributed by atoms with Gasteiger partial charge in [0.2, 0.25) is 0 Å². The number of thiophene rings is 1. The molecule has 1 aliphatic carbocycles. The molecular weight excluding hydrogens is 286 g/mol. The number of benzene rings is 1. The molecule has 0 aliphatic heterocycles. The van der Waals surface area contributed by atoms with Crippen molar-refractivity contribution < 1.29 is 14.3 Å². The Morgan fingerprint density at radius 2 is 2.10 bits per heavy atom. The summed E-state index contributed by atoms with van der Waals surface area (Å²) in [5, 5.41) is 4.94. The zero-order valence-corrected chi connectivity index (χ0v) is 12.6. The number of amides is 1. The van der Waals surface area contributed by atoms with Crippen molar-refractivity contribution >= 4 is 17.2 Å². The molecule has 2 aromatic rings. The highest BCUT2D eigenvalue weighted by Crippen LogP contribution is 2.27. The second-order valence-corrected chi connectivity index (χ2v) is 5.92. The molecule has 1 aromatic heterocycles. The van der Waals surface area contributed by atoms with Crippen LogP contribution in [-0.2, 0) is 6.61 Å². The quantitative estimate of drug-likeness (QED) is 0.891. The van der Waals surface area contributed by atoms with Crippen molar-refractivity contribution in [3.63, 3.8) is 0 Å². The van der Waals surface area contributed by atoms with Gasteiger partial charge in [-0.25, -0.2) is 0 Å². The van der Waals surface area contributed by atoms with Gasteiger partial charge in [0.05, 0.1) is 12.0 Å². The number of rotatable bonds is 6. The highest BCUT2D eigenvalue weighted by atomic mass is 32.1. The SMILES string of the molecule is COc1ccccc1OCc1csc(C(=O)NC2CC2)c1. The maximum absolute atomic E-state index is 11.9. The normalized spacial score (nSPS) is 13.8. The van der Waals surface area contributed by atoms with Gasteiger partial charge in [0.25, 0.3) is 5.91 Å². The topological polar surface area (TPSA) is 47.6 Å². The van der Waals surface area contributed by atoms with Gasteiger partial charge in [-0.1, -0.05) is 12.1 Å². The highest BCUT2D eigenvalue weighted by molar-refractivity contribution is 7.12. The summed E-state index contributed by atoms with van der Waals surface area (Å²) < 4.78 is 11.0. The fourth-order valence-electron chi connectivity index (χ4n) is 1.95. The zero-order chi connectivity index (χ0) is 14.7. The van der Waals surface area contributed by atoms with Crippen LogP contribution in [0.2, 0.25) is 0 Å². The lowest BCUT2D eigenvalue weighted by molar-refractivity contribution is 0.0955. The minimum Gasteiger partial charge on any atom is -0.493 e. The second kappa shape index (κ2) is 6.18. The van der Waals surface area contributed by atoms with Gasteiger partial charge < -0.3 is 14.8 Å². The van der Waals surface area contributed by atoms with Crippen LogP contribution in [0.1, 0.15) is 28.1 Å². The third-order valence-electron chi connectivity index (χ3n) is 3.25. The maximum atomic E-state index is 11.9. The average molecular weight is 303 g/mol. The second-order valence-electron chi connectivity index (χ2n) is 5.01. The number of carbonyl (C=O) groups is 1. The van der Waals surface area contributed by atoms with Crippen LogP contribution in [-0.4, -0.2) is 19.1 Å². The molecule has 1 amide bonds. The molecule has 5 heteroatoms. The molecule has 0 bridgehead atoms. The molecule has 0 spiro atoms. The summed E-state index contributed by atoms with van der Waals surface area (Å²) in [7, 11) is 1.62. The number of para-hydroxylation sites is 2. The molecule has 4 nitrogen and oxygen atoms in total. The Morgan fingerprint density at radius 1 is 1.33 bits per heavy atom. The number of nitrogens with one attached hydrogen (secondary N) is 1. The van der Waals surface area contributed by atoms with Gasteiger partial charge in [-0.15, -0.1) is 11.3 Å². The van der Waals surface area contributed by atoms with Crippen molar-refractivity contribution in [1.29, 1.82) is 0 Å². The van der Waals surface area contributed by atoms with Crippen LogP contribution in [0.15, 0.2) is 35.7 Å². The number of hydrogen-bond donors (Lipinski definition) is 1. The number of carbonyl (C=O) groups excluding carboxylic acids is 1. The monoisotopic (exact) mass is 303 g/mol. The van der Waals surface area contributed by atoms with Crippen LogP contribution in [0, 0.1) is 0 Å². The predicted octanol–water partition coefficient (Wildman–Crippen LogP) is 3.23. The lowest BCUT2D eigenvalue weighted by Gasteiger charge is -2.09. The third-order valence-corrected chi connectivity index (χ3v) is 4.23. The summed E-state index contributed by atoms with van der Waals surface area (Å²) in [6.07, 6.45) is 2.20. The maximum Gasteiger partial charge on any atom is 0.261 e. The molecule has 110 valence electrons. The van der Waals surface area contributed by atoms with E-state index in [4.69, 9.17) is 9.47 Å². The minimum absolute atomic E-state index is 0.0195. The molecule has 1 N–H and O–H groups in total. The van der Waals surface area contributed by atoms with Crippen LogP contribution in [0.3, 0.4) is 0 Å². The third kappa shape index (κ3) is 3.55. The van der Waals surface area contributed by atoms with Gasteiger partial charge in [-0.05, 0) is 36.4 Å². The highest BCUT2D eigenvalue weighted by Gasteiger charge is 2.24. The summed E-state index contributed by atoms with van der Waals surface area (Å²) in [4.78, 5) is 12.7. The molecular formula is C16H17NO3S. The largest absolute Gasteiger partial charge is 0.493 e. The Bertz CT molecular complexity index is 634. The van der Waals surface area contributed by atoms with Crippen LogP contribution in [0.25, 0.3) is 0 Å². The van der Waals surface area contributed by atoms with Gasteiger partial charge >= 0.3 is 0 Å².